The topological polar surface area (TPSA) is 54.0 Å². The largest absolute Gasteiger partial charge is 0.355 e. The Morgan fingerprint density at radius 3 is 3.05 bits per heavy atom. The number of amides is 1. The van der Waals surface area contributed by atoms with Crippen LogP contribution in [0.5, 0.6) is 0 Å². The average Bonchev–Trinajstić information content (AvgIpc) is 2.86. The minimum atomic E-state index is -0.189. The number of aromatic nitrogens is 1. The molecule has 20 heavy (non-hydrogen) atoms. The maximum atomic E-state index is 12.5. The van der Waals surface area contributed by atoms with Crippen LogP contribution in [0.3, 0.4) is 0 Å². The van der Waals surface area contributed by atoms with Crippen molar-refractivity contribution in [2.24, 2.45) is 5.41 Å². The summed E-state index contributed by atoms with van der Waals surface area (Å²) in [4.78, 5) is 17.0. The summed E-state index contributed by atoms with van der Waals surface area (Å²) in [6, 6.07) is 0. The molecule has 1 fully saturated rings. The van der Waals surface area contributed by atoms with Crippen molar-refractivity contribution in [1.82, 2.24) is 15.6 Å². The van der Waals surface area contributed by atoms with E-state index in [1.807, 2.05) is 6.92 Å². The van der Waals surface area contributed by atoms with E-state index in [0.717, 1.165) is 55.9 Å². The van der Waals surface area contributed by atoms with Crippen molar-refractivity contribution >= 4 is 17.2 Å². The molecule has 0 bridgehead atoms. The van der Waals surface area contributed by atoms with Crippen LogP contribution >= 0.6 is 11.3 Å². The number of carbonyl (C=O) groups excluding carboxylic acids is 1. The van der Waals surface area contributed by atoms with Gasteiger partial charge in [-0.25, -0.2) is 4.98 Å². The molecule has 0 aromatic carbocycles. The summed E-state index contributed by atoms with van der Waals surface area (Å²) in [5.74, 6) is 0.222. The molecule has 1 aromatic heterocycles. The SMILES string of the molecule is CCCC1(C(=O)NCCc2nc(C)cs2)CCCNC1. The minimum absolute atomic E-state index is 0.189. The van der Waals surface area contributed by atoms with E-state index >= 15 is 0 Å². The number of aryl methyl sites for hydroxylation is 1. The van der Waals surface area contributed by atoms with Crippen LogP contribution in [0.1, 0.15) is 43.3 Å². The van der Waals surface area contributed by atoms with Crippen LogP contribution in [0.4, 0.5) is 0 Å². The van der Waals surface area contributed by atoms with E-state index in [1.165, 1.54) is 0 Å². The summed E-state index contributed by atoms with van der Waals surface area (Å²) >= 11 is 1.67. The van der Waals surface area contributed by atoms with Crippen molar-refractivity contribution in [3.63, 3.8) is 0 Å². The summed E-state index contributed by atoms with van der Waals surface area (Å²) < 4.78 is 0. The van der Waals surface area contributed by atoms with Crippen molar-refractivity contribution in [2.75, 3.05) is 19.6 Å². The molecule has 1 aliphatic rings. The number of hydrogen-bond donors (Lipinski definition) is 2. The summed E-state index contributed by atoms with van der Waals surface area (Å²) in [5, 5.41) is 9.67. The van der Waals surface area contributed by atoms with Crippen LogP contribution in [0.2, 0.25) is 0 Å². The second-order valence-electron chi connectivity index (χ2n) is 5.70. The number of hydrogen-bond acceptors (Lipinski definition) is 4. The fraction of sp³-hybridized carbons (Fsp3) is 0.733. The van der Waals surface area contributed by atoms with Crippen molar-refractivity contribution in [1.29, 1.82) is 0 Å². The fourth-order valence-electron chi connectivity index (χ4n) is 2.96. The van der Waals surface area contributed by atoms with Gasteiger partial charge in [0, 0.05) is 30.6 Å². The molecular formula is C15H25N3OS. The first-order chi connectivity index (χ1) is 9.66. The van der Waals surface area contributed by atoms with Crippen molar-refractivity contribution < 1.29 is 4.79 Å². The molecule has 112 valence electrons. The van der Waals surface area contributed by atoms with E-state index < -0.39 is 0 Å². The Morgan fingerprint density at radius 1 is 1.60 bits per heavy atom. The second-order valence-corrected chi connectivity index (χ2v) is 6.64. The van der Waals surface area contributed by atoms with Crippen molar-refractivity contribution in [3.05, 3.63) is 16.1 Å². The predicted octanol–water partition coefficient (Wildman–Crippen LogP) is 2.28. The molecule has 5 heteroatoms. The predicted molar refractivity (Wildman–Crippen MR) is 83.0 cm³/mol. The first-order valence-corrected chi connectivity index (χ1v) is 8.44. The lowest BCUT2D eigenvalue weighted by molar-refractivity contribution is -0.132. The summed E-state index contributed by atoms with van der Waals surface area (Å²) in [6.07, 6.45) is 4.97. The molecule has 0 saturated carbocycles. The normalized spacial score (nSPS) is 22.7. The Hall–Kier alpha value is -0.940. The minimum Gasteiger partial charge on any atom is -0.355 e. The number of rotatable bonds is 6. The zero-order valence-electron chi connectivity index (χ0n) is 12.5. The van der Waals surface area contributed by atoms with E-state index in [0.29, 0.717) is 6.54 Å². The van der Waals surface area contributed by atoms with E-state index in [-0.39, 0.29) is 11.3 Å². The van der Waals surface area contributed by atoms with Gasteiger partial charge in [0.25, 0.3) is 0 Å². The van der Waals surface area contributed by atoms with Gasteiger partial charge in [-0.3, -0.25) is 4.79 Å². The third-order valence-electron chi connectivity index (χ3n) is 3.97. The summed E-state index contributed by atoms with van der Waals surface area (Å²) in [7, 11) is 0. The van der Waals surface area contributed by atoms with E-state index in [9.17, 15) is 4.79 Å². The van der Waals surface area contributed by atoms with Crippen LogP contribution < -0.4 is 10.6 Å². The molecular weight excluding hydrogens is 270 g/mol. The number of piperidine rings is 1. The lowest BCUT2D eigenvalue weighted by Crippen LogP contribution is -2.50. The molecule has 1 atom stereocenters. The third-order valence-corrected chi connectivity index (χ3v) is 5.00. The number of carbonyl (C=O) groups is 1. The maximum Gasteiger partial charge on any atom is 0.227 e. The Labute approximate surface area is 125 Å². The lowest BCUT2D eigenvalue weighted by Gasteiger charge is -2.36. The van der Waals surface area contributed by atoms with Crippen LogP contribution in [0.25, 0.3) is 0 Å². The zero-order chi connectivity index (χ0) is 14.4. The van der Waals surface area contributed by atoms with Gasteiger partial charge in [0.05, 0.1) is 10.4 Å². The average molecular weight is 295 g/mol. The van der Waals surface area contributed by atoms with Gasteiger partial charge in [-0.15, -0.1) is 11.3 Å². The van der Waals surface area contributed by atoms with Crippen molar-refractivity contribution in [2.45, 2.75) is 46.0 Å². The number of nitrogens with zero attached hydrogens (tertiary/aromatic N) is 1. The molecule has 2 heterocycles. The first kappa shape index (κ1) is 15.4. The maximum absolute atomic E-state index is 12.5. The molecule has 2 rings (SSSR count). The molecule has 1 aromatic rings. The van der Waals surface area contributed by atoms with Gasteiger partial charge in [-0.1, -0.05) is 13.3 Å². The van der Waals surface area contributed by atoms with Gasteiger partial charge in [0.15, 0.2) is 0 Å². The standard InChI is InChI=1S/C15H25N3OS/c1-3-6-15(7-4-8-16-11-15)14(19)17-9-5-13-18-12(2)10-20-13/h10,16H,3-9,11H2,1-2H3,(H,17,19). The molecule has 1 saturated heterocycles. The Morgan fingerprint density at radius 2 is 2.45 bits per heavy atom. The lowest BCUT2D eigenvalue weighted by atomic mass is 9.76. The Balaban J connectivity index is 1.85. The quantitative estimate of drug-likeness (QED) is 0.846. The Kier molecular flexibility index (Phi) is 5.54. The molecule has 4 nitrogen and oxygen atoms in total. The number of thiazole rings is 1. The molecule has 2 N–H and O–H groups in total. The van der Waals surface area contributed by atoms with Crippen LogP contribution in [-0.2, 0) is 11.2 Å². The smallest absolute Gasteiger partial charge is 0.227 e. The molecule has 1 aliphatic heterocycles. The third kappa shape index (κ3) is 3.79. The Bertz CT molecular complexity index is 433. The first-order valence-electron chi connectivity index (χ1n) is 7.56. The zero-order valence-corrected chi connectivity index (χ0v) is 13.3. The van der Waals surface area contributed by atoms with Gasteiger partial charge in [0.1, 0.15) is 0 Å². The highest BCUT2D eigenvalue weighted by Gasteiger charge is 2.38. The van der Waals surface area contributed by atoms with Crippen molar-refractivity contribution in [3.8, 4) is 0 Å². The summed E-state index contributed by atoms with van der Waals surface area (Å²) in [5.41, 5.74) is 0.876. The van der Waals surface area contributed by atoms with Gasteiger partial charge in [-0.05, 0) is 32.7 Å². The second kappa shape index (κ2) is 7.18. The van der Waals surface area contributed by atoms with Gasteiger partial charge in [0.2, 0.25) is 5.91 Å². The molecule has 0 radical (unpaired) electrons. The van der Waals surface area contributed by atoms with Crippen LogP contribution in [0, 0.1) is 12.3 Å². The highest BCUT2D eigenvalue weighted by Crippen LogP contribution is 2.31. The molecule has 1 amide bonds. The molecule has 0 spiro atoms. The fourth-order valence-corrected chi connectivity index (χ4v) is 3.73. The van der Waals surface area contributed by atoms with Gasteiger partial charge < -0.3 is 10.6 Å². The highest BCUT2D eigenvalue weighted by atomic mass is 32.1. The van der Waals surface area contributed by atoms with Crippen LogP contribution in [0.15, 0.2) is 5.38 Å². The summed E-state index contributed by atoms with van der Waals surface area (Å²) in [6.45, 7) is 6.71. The van der Waals surface area contributed by atoms with Crippen LogP contribution in [-0.4, -0.2) is 30.5 Å². The molecule has 1 unspecified atom stereocenters. The number of nitrogens with one attached hydrogen (secondary N) is 2. The monoisotopic (exact) mass is 295 g/mol. The van der Waals surface area contributed by atoms with Gasteiger partial charge in [-0.2, -0.15) is 0 Å². The van der Waals surface area contributed by atoms with E-state index in [1.54, 1.807) is 11.3 Å². The van der Waals surface area contributed by atoms with E-state index in [2.05, 4.69) is 27.9 Å². The van der Waals surface area contributed by atoms with Gasteiger partial charge >= 0.3 is 0 Å². The highest BCUT2D eigenvalue weighted by molar-refractivity contribution is 7.09. The van der Waals surface area contributed by atoms with E-state index in [4.69, 9.17) is 0 Å². The molecule has 0 aliphatic carbocycles.